The Kier molecular flexibility index (Phi) is 6.46. The summed E-state index contributed by atoms with van der Waals surface area (Å²) < 4.78 is 5.54. The second-order valence-electron chi connectivity index (χ2n) is 8.14. The molecule has 174 valence electrons. The Balaban J connectivity index is 1.51. The van der Waals surface area contributed by atoms with Crippen LogP contribution < -0.4 is 9.64 Å². The zero-order valence-corrected chi connectivity index (χ0v) is 19.9. The van der Waals surface area contributed by atoms with E-state index in [2.05, 4.69) is 15.0 Å². The van der Waals surface area contributed by atoms with Crippen LogP contribution in [-0.4, -0.2) is 28.0 Å². The molecule has 0 bridgehead atoms. The fourth-order valence-electron chi connectivity index (χ4n) is 4.18. The monoisotopic (exact) mass is 482 g/mol. The summed E-state index contributed by atoms with van der Waals surface area (Å²) in [5, 5.41) is 2.61. The summed E-state index contributed by atoms with van der Waals surface area (Å²) in [5.41, 5.74) is 4.37. The zero-order chi connectivity index (χ0) is 24.2. The molecule has 35 heavy (non-hydrogen) atoms. The number of imidazole rings is 1. The minimum Gasteiger partial charge on any atom is -0.496 e. The molecule has 1 N–H and O–H groups in total. The lowest BCUT2D eigenvalue weighted by molar-refractivity contribution is -0.118. The second-order valence-corrected chi connectivity index (χ2v) is 8.58. The molecule has 3 aromatic carbocycles. The number of hydrogen-bond donors (Lipinski definition) is 1. The highest BCUT2D eigenvalue weighted by molar-refractivity contribution is 6.30. The smallest absolute Gasteiger partial charge is 0.231 e. The molecule has 2 heterocycles. The van der Waals surface area contributed by atoms with Gasteiger partial charge in [0.2, 0.25) is 5.91 Å². The van der Waals surface area contributed by atoms with E-state index >= 15 is 0 Å². The number of H-pyrrole nitrogens is 1. The van der Waals surface area contributed by atoms with Crippen molar-refractivity contribution in [3.63, 3.8) is 0 Å². The van der Waals surface area contributed by atoms with Crippen LogP contribution in [0.5, 0.6) is 5.75 Å². The number of aromatic nitrogens is 3. The summed E-state index contributed by atoms with van der Waals surface area (Å²) >= 11 is 6.28. The number of ether oxygens (including phenoxy) is 1. The van der Waals surface area contributed by atoms with Gasteiger partial charge in [-0.15, -0.1) is 0 Å². The van der Waals surface area contributed by atoms with E-state index in [0.29, 0.717) is 17.3 Å². The SMILES string of the molecule is COc1ccc(Cl)cc1CN(C(=O)Cc1cncc2ccccc12)c1ccc(-c2cnc[nH]2)cc1. The first-order valence-corrected chi connectivity index (χ1v) is 11.5. The van der Waals surface area contributed by atoms with Crippen LogP contribution in [0, 0.1) is 0 Å². The van der Waals surface area contributed by atoms with Gasteiger partial charge in [0.1, 0.15) is 5.75 Å². The van der Waals surface area contributed by atoms with Crippen LogP contribution in [-0.2, 0) is 17.8 Å². The summed E-state index contributed by atoms with van der Waals surface area (Å²) in [6.45, 7) is 0.310. The van der Waals surface area contributed by atoms with Gasteiger partial charge >= 0.3 is 0 Å². The third kappa shape index (κ3) is 4.88. The Bertz CT molecular complexity index is 1460. The van der Waals surface area contributed by atoms with E-state index in [1.165, 1.54) is 0 Å². The molecule has 0 unspecified atom stereocenters. The number of anilines is 1. The van der Waals surface area contributed by atoms with E-state index in [1.54, 1.807) is 36.8 Å². The first-order chi connectivity index (χ1) is 17.1. The van der Waals surface area contributed by atoms with Crippen molar-refractivity contribution in [2.45, 2.75) is 13.0 Å². The first-order valence-electron chi connectivity index (χ1n) is 11.2. The average molecular weight is 483 g/mol. The number of halogens is 1. The van der Waals surface area contributed by atoms with Gasteiger partial charge in [0.25, 0.3) is 0 Å². The highest BCUT2D eigenvalue weighted by Gasteiger charge is 2.20. The van der Waals surface area contributed by atoms with Crippen LogP contribution in [0.15, 0.2) is 91.6 Å². The number of nitrogens with zero attached hydrogens (tertiary/aromatic N) is 3. The molecule has 0 aliphatic carbocycles. The van der Waals surface area contributed by atoms with Crippen LogP contribution in [0.2, 0.25) is 5.02 Å². The Morgan fingerprint density at radius 1 is 0.971 bits per heavy atom. The fraction of sp³-hybridized carbons (Fsp3) is 0.107. The lowest BCUT2D eigenvalue weighted by Gasteiger charge is -2.25. The van der Waals surface area contributed by atoms with E-state index in [0.717, 1.165) is 38.8 Å². The van der Waals surface area contributed by atoms with Crippen LogP contribution >= 0.6 is 11.6 Å². The van der Waals surface area contributed by atoms with E-state index < -0.39 is 0 Å². The quantitative estimate of drug-likeness (QED) is 0.306. The molecule has 5 rings (SSSR count). The van der Waals surface area contributed by atoms with Gasteiger partial charge in [0, 0.05) is 34.1 Å². The molecule has 0 radical (unpaired) electrons. The molecular weight excluding hydrogens is 460 g/mol. The minimum atomic E-state index is -0.0560. The molecule has 0 fully saturated rings. The number of carbonyl (C=O) groups is 1. The second kappa shape index (κ2) is 9.99. The molecule has 5 aromatic rings. The number of methoxy groups -OCH3 is 1. The third-order valence-corrected chi connectivity index (χ3v) is 6.19. The summed E-state index contributed by atoms with van der Waals surface area (Å²) in [4.78, 5) is 27.1. The molecule has 0 saturated heterocycles. The molecule has 0 aliphatic heterocycles. The van der Waals surface area contributed by atoms with E-state index in [-0.39, 0.29) is 12.3 Å². The van der Waals surface area contributed by atoms with Gasteiger partial charge in [-0.25, -0.2) is 4.98 Å². The van der Waals surface area contributed by atoms with Crippen molar-refractivity contribution in [1.82, 2.24) is 15.0 Å². The van der Waals surface area contributed by atoms with Crippen LogP contribution in [0.3, 0.4) is 0 Å². The predicted octanol–water partition coefficient (Wildman–Crippen LogP) is 6.06. The maximum Gasteiger partial charge on any atom is 0.231 e. The minimum absolute atomic E-state index is 0.0560. The molecule has 0 atom stereocenters. The topological polar surface area (TPSA) is 71.1 Å². The fourth-order valence-corrected chi connectivity index (χ4v) is 4.37. The Morgan fingerprint density at radius 3 is 2.57 bits per heavy atom. The number of fused-ring (bicyclic) bond motifs is 1. The highest BCUT2D eigenvalue weighted by Crippen LogP contribution is 2.29. The maximum atomic E-state index is 13.8. The van der Waals surface area contributed by atoms with Crippen molar-refractivity contribution in [2.24, 2.45) is 0 Å². The molecule has 0 spiro atoms. The highest BCUT2D eigenvalue weighted by atomic mass is 35.5. The van der Waals surface area contributed by atoms with Crippen LogP contribution in [0.1, 0.15) is 11.1 Å². The number of pyridine rings is 1. The van der Waals surface area contributed by atoms with Gasteiger partial charge in [0.05, 0.1) is 38.3 Å². The summed E-state index contributed by atoms with van der Waals surface area (Å²) in [5.74, 6) is 0.618. The lowest BCUT2D eigenvalue weighted by atomic mass is 10.0. The van der Waals surface area contributed by atoms with Gasteiger partial charge in [-0.3, -0.25) is 9.78 Å². The van der Waals surface area contributed by atoms with Crippen molar-refractivity contribution in [1.29, 1.82) is 0 Å². The van der Waals surface area contributed by atoms with Gasteiger partial charge in [-0.1, -0.05) is 48.0 Å². The van der Waals surface area contributed by atoms with E-state index in [1.807, 2.05) is 66.9 Å². The average Bonchev–Trinajstić information content (AvgIpc) is 3.43. The number of benzene rings is 3. The summed E-state index contributed by atoms with van der Waals surface area (Å²) in [6, 6.07) is 21.2. The van der Waals surface area contributed by atoms with Crippen molar-refractivity contribution in [3.05, 3.63) is 108 Å². The van der Waals surface area contributed by atoms with Crippen molar-refractivity contribution in [2.75, 3.05) is 12.0 Å². The maximum absolute atomic E-state index is 13.8. The number of carbonyl (C=O) groups excluding carboxylic acids is 1. The van der Waals surface area contributed by atoms with Crippen LogP contribution in [0.25, 0.3) is 22.0 Å². The summed E-state index contributed by atoms with van der Waals surface area (Å²) in [6.07, 6.45) is 7.19. The van der Waals surface area contributed by atoms with Gasteiger partial charge < -0.3 is 14.6 Å². The predicted molar refractivity (Wildman–Crippen MR) is 139 cm³/mol. The van der Waals surface area contributed by atoms with Gasteiger partial charge in [-0.05, 0) is 46.8 Å². The van der Waals surface area contributed by atoms with E-state index in [9.17, 15) is 4.79 Å². The summed E-state index contributed by atoms with van der Waals surface area (Å²) in [7, 11) is 1.61. The van der Waals surface area contributed by atoms with Crippen molar-refractivity contribution >= 4 is 34.0 Å². The first kappa shape index (κ1) is 22.6. The van der Waals surface area contributed by atoms with Gasteiger partial charge in [-0.2, -0.15) is 0 Å². The molecule has 7 heteroatoms. The van der Waals surface area contributed by atoms with Crippen molar-refractivity contribution in [3.8, 4) is 17.0 Å². The molecule has 2 aromatic heterocycles. The molecular formula is C28H23ClN4O2. The number of nitrogens with one attached hydrogen (secondary N) is 1. The Morgan fingerprint density at radius 2 is 1.80 bits per heavy atom. The van der Waals surface area contributed by atoms with Crippen LogP contribution in [0.4, 0.5) is 5.69 Å². The third-order valence-electron chi connectivity index (χ3n) is 5.95. The molecule has 6 nitrogen and oxygen atoms in total. The Labute approximate surface area is 208 Å². The molecule has 1 amide bonds. The number of amides is 1. The number of rotatable bonds is 7. The largest absolute Gasteiger partial charge is 0.496 e. The number of hydrogen-bond acceptors (Lipinski definition) is 4. The number of aromatic amines is 1. The lowest BCUT2D eigenvalue weighted by Crippen LogP contribution is -2.32. The molecule has 0 saturated carbocycles. The van der Waals surface area contributed by atoms with Crippen molar-refractivity contribution < 1.29 is 9.53 Å². The zero-order valence-electron chi connectivity index (χ0n) is 19.1. The Hall–Kier alpha value is -4.16. The van der Waals surface area contributed by atoms with E-state index in [4.69, 9.17) is 16.3 Å². The molecule has 0 aliphatic rings. The standard InChI is InChI=1S/C28H23ClN4O2/c1-35-27-11-8-23(29)12-22(27)17-33(24-9-6-19(7-10-24)26-16-31-18-32-26)28(34)13-21-15-30-14-20-4-2-3-5-25(20)21/h2-12,14-16,18H,13,17H2,1H3,(H,31,32). The normalized spacial score (nSPS) is 10.9. The van der Waals surface area contributed by atoms with Gasteiger partial charge in [0.15, 0.2) is 0 Å².